The Balaban J connectivity index is 2.28. The number of hydrogen-bond acceptors (Lipinski definition) is 2. The molecular formula is C15H24ClNO. The van der Waals surface area contributed by atoms with Crippen LogP contribution in [-0.4, -0.2) is 26.3 Å². The van der Waals surface area contributed by atoms with E-state index in [1.54, 1.807) is 0 Å². The molecule has 1 atom stereocenters. The van der Waals surface area contributed by atoms with Crippen LogP contribution in [0.25, 0.3) is 0 Å². The quantitative estimate of drug-likeness (QED) is 0.691. The lowest BCUT2D eigenvalue weighted by Crippen LogP contribution is -2.29. The first-order chi connectivity index (χ1) is 8.76. The lowest BCUT2D eigenvalue weighted by atomic mass is 10.0. The van der Waals surface area contributed by atoms with Crippen molar-refractivity contribution in [1.29, 1.82) is 0 Å². The summed E-state index contributed by atoms with van der Waals surface area (Å²) >= 11 is 5.99. The van der Waals surface area contributed by atoms with Gasteiger partial charge in [-0.25, -0.2) is 0 Å². The third-order valence-electron chi connectivity index (χ3n) is 3.03. The molecule has 102 valence electrons. The second-order valence-electron chi connectivity index (χ2n) is 4.57. The van der Waals surface area contributed by atoms with Gasteiger partial charge in [-0.2, -0.15) is 0 Å². The Bertz CT molecular complexity index is 330. The van der Waals surface area contributed by atoms with Gasteiger partial charge in [0.15, 0.2) is 0 Å². The number of unbranched alkanes of at least 4 members (excludes halogenated alkanes) is 1. The van der Waals surface area contributed by atoms with E-state index in [4.69, 9.17) is 16.3 Å². The first kappa shape index (κ1) is 15.5. The zero-order valence-electron chi connectivity index (χ0n) is 11.4. The highest BCUT2D eigenvalue weighted by molar-refractivity contribution is 6.30. The Labute approximate surface area is 116 Å². The lowest BCUT2D eigenvalue weighted by molar-refractivity contribution is 0.122. The van der Waals surface area contributed by atoms with Crippen molar-refractivity contribution in [3.63, 3.8) is 0 Å². The van der Waals surface area contributed by atoms with E-state index >= 15 is 0 Å². The number of likely N-dealkylation sites (N-methyl/N-ethyl adjacent to an activating group) is 1. The summed E-state index contributed by atoms with van der Waals surface area (Å²) in [7, 11) is 2.00. The molecule has 0 aromatic heterocycles. The lowest BCUT2D eigenvalue weighted by Gasteiger charge is -2.16. The number of nitrogens with one attached hydrogen (secondary N) is 1. The van der Waals surface area contributed by atoms with Crippen LogP contribution in [0.4, 0.5) is 0 Å². The molecule has 3 heteroatoms. The Kier molecular flexibility index (Phi) is 8.06. The van der Waals surface area contributed by atoms with Crippen LogP contribution >= 0.6 is 11.6 Å². The van der Waals surface area contributed by atoms with Crippen LogP contribution < -0.4 is 5.32 Å². The first-order valence-electron chi connectivity index (χ1n) is 6.75. The maximum atomic E-state index is 5.99. The SMILES string of the molecule is CCCCOCCC(Cc1cccc(Cl)c1)NC. The smallest absolute Gasteiger partial charge is 0.0480 e. The Morgan fingerprint density at radius 3 is 2.83 bits per heavy atom. The van der Waals surface area contributed by atoms with Crippen LogP contribution in [0.2, 0.25) is 5.02 Å². The van der Waals surface area contributed by atoms with Gasteiger partial charge < -0.3 is 10.1 Å². The van der Waals surface area contributed by atoms with Crippen molar-refractivity contribution in [1.82, 2.24) is 5.32 Å². The molecule has 1 aromatic rings. The predicted molar refractivity (Wildman–Crippen MR) is 78.3 cm³/mol. The van der Waals surface area contributed by atoms with E-state index in [2.05, 4.69) is 18.3 Å². The van der Waals surface area contributed by atoms with Gasteiger partial charge in [-0.1, -0.05) is 37.1 Å². The van der Waals surface area contributed by atoms with Gasteiger partial charge in [0, 0.05) is 24.3 Å². The molecule has 0 aliphatic heterocycles. The Morgan fingerprint density at radius 1 is 1.33 bits per heavy atom. The maximum absolute atomic E-state index is 5.99. The van der Waals surface area contributed by atoms with Crippen molar-refractivity contribution in [3.8, 4) is 0 Å². The van der Waals surface area contributed by atoms with Crippen molar-refractivity contribution in [2.24, 2.45) is 0 Å². The van der Waals surface area contributed by atoms with E-state index in [1.165, 1.54) is 12.0 Å². The molecule has 1 aromatic carbocycles. The zero-order valence-corrected chi connectivity index (χ0v) is 12.2. The van der Waals surface area contributed by atoms with E-state index in [0.29, 0.717) is 6.04 Å². The van der Waals surface area contributed by atoms with Gasteiger partial charge >= 0.3 is 0 Å². The van der Waals surface area contributed by atoms with E-state index < -0.39 is 0 Å². The average Bonchev–Trinajstić information content (AvgIpc) is 2.37. The Morgan fingerprint density at radius 2 is 2.17 bits per heavy atom. The van der Waals surface area contributed by atoms with Crippen molar-refractivity contribution >= 4 is 11.6 Å². The van der Waals surface area contributed by atoms with Crippen LogP contribution in [-0.2, 0) is 11.2 Å². The van der Waals surface area contributed by atoms with E-state index in [-0.39, 0.29) is 0 Å². The Hall–Kier alpha value is -0.570. The molecule has 0 fully saturated rings. The second-order valence-corrected chi connectivity index (χ2v) is 5.01. The van der Waals surface area contributed by atoms with Crippen LogP contribution in [0.1, 0.15) is 31.7 Å². The van der Waals surface area contributed by atoms with Crippen LogP contribution in [0.15, 0.2) is 24.3 Å². The summed E-state index contributed by atoms with van der Waals surface area (Å²) in [6.45, 7) is 3.88. The predicted octanol–water partition coefficient (Wildman–Crippen LogP) is 3.68. The second kappa shape index (κ2) is 9.37. The van der Waals surface area contributed by atoms with Gasteiger partial charge in [0.05, 0.1) is 0 Å². The van der Waals surface area contributed by atoms with Gasteiger partial charge in [-0.3, -0.25) is 0 Å². The number of rotatable bonds is 9. The normalized spacial score (nSPS) is 12.6. The molecule has 0 aliphatic rings. The number of benzene rings is 1. The number of halogens is 1. The molecule has 0 saturated carbocycles. The molecule has 0 radical (unpaired) electrons. The summed E-state index contributed by atoms with van der Waals surface area (Å²) in [6, 6.07) is 8.51. The zero-order chi connectivity index (χ0) is 13.2. The van der Waals surface area contributed by atoms with Gasteiger partial charge in [-0.05, 0) is 44.0 Å². The fourth-order valence-corrected chi connectivity index (χ4v) is 2.08. The molecule has 0 spiro atoms. The topological polar surface area (TPSA) is 21.3 Å². The molecule has 1 N–H and O–H groups in total. The van der Waals surface area contributed by atoms with Crippen molar-refractivity contribution in [2.45, 2.75) is 38.6 Å². The van der Waals surface area contributed by atoms with Crippen molar-refractivity contribution < 1.29 is 4.74 Å². The van der Waals surface area contributed by atoms with Gasteiger partial charge in [0.1, 0.15) is 0 Å². The molecule has 1 rings (SSSR count). The molecule has 0 amide bonds. The summed E-state index contributed by atoms with van der Waals surface area (Å²) in [6.07, 6.45) is 4.37. The standard InChI is InChI=1S/C15H24ClNO/c1-3-4-9-18-10-8-15(17-2)12-13-6-5-7-14(16)11-13/h5-7,11,15,17H,3-4,8-10,12H2,1-2H3. The van der Waals surface area contributed by atoms with Gasteiger partial charge in [0.2, 0.25) is 0 Å². The fraction of sp³-hybridized carbons (Fsp3) is 0.600. The number of ether oxygens (including phenoxy) is 1. The van der Waals surface area contributed by atoms with Crippen molar-refractivity contribution in [3.05, 3.63) is 34.9 Å². The van der Waals surface area contributed by atoms with E-state index in [0.717, 1.165) is 37.5 Å². The third kappa shape index (κ3) is 6.39. The summed E-state index contributed by atoms with van der Waals surface area (Å²) < 4.78 is 5.60. The van der Waals surface area contributed by atoms with Crippen LogP contribution in [0, 0.1) is 0 Å². The highest BCUT2D eigenvalue weighted by Gasteiger charge is 2.07. The highest BCUT2D eigenvalue weighted by atomic mass is 35.5. The maximum Gasteiger partial charge on any atom is 0.0480 e. The first-order valence-corrected chi connectivity index (χ1v) is 7.13. The summed E-state index contributed by atoms with van der Waals surface area (Å²) in [4.78, 5) is 0. The largest absolute Gasteiger partial charge is 0.381 e. The summed E-state index contributed by atoms with van der Waals surface area (Å²) in [5.41, 5.74) is 1.27. The van der Waals surface area contributed by atoms with Gasteiger partial charge in [-0.15, -0.1) is 0 Å². The molecule has 0 aliphatic carbocycles. The fourth-order valence-electron chi connectivity index (χ4n) is 1.87. The highest BCUT2D eigenvalue weighted by Crippen LogP contribution is 2.13. The average molecular weight is 270 g/mol. The van der Waals surface area contributed by atoms with E-state index in [1.807, 2.05) is 25.2 Å². The molecular weight excluding hydrogens is 246 g/mol. The van der Waals surface area contributed by atoms with Crippen LogP contribution in [0.5, 0.6) is 0 Å². The molecule has 18 heavy (non-hydrogen) atoms. The molecule has 1 unspecified atom stereocenters. The monoisotopic (exact) mass is 269 g/mol. The van der Waals surface area contributed by atoms with Crippen LogP contribution in [0.3, 0.4) is 0 Å². The minimum Gasteiger partial charge on any atom is -0.381 e. The van der Waals surface area contributed by atoms with Gasteiger partial charge in [0.25, 0.3) is 0 Å². The van der Waals surface area contributed by atoms with E-state index in [9.17, 15) is 0 Å². The summed E-state index contributed by atoms with van der Waals surface area (Å²) in [5.74, 6) is 0. The molecule has 0 saturated heterocycles. The number of hydrogen-bond donors (Lipinski definition) is 1. The molecule has 0 heterocycles. The minimum absolute atomic E-state index is 0.449. The van der Waals surface area contributed by atoms with Crippen molar-refractivity contribution in [2.75, 3.05) is 20.3 Å². The molecule has 2 nitrogen and oxygen atoms in total. The summed E-state index contributed by atoms with van der Waals surface area (Å²) in [5, 5.41) is 4.14. The minimum atomic E-state index is 0.449. The molecule has 0 bridgehead atoms. The third-order valence-corrected chi connectivity index (χ3v) is 3.27.